The third kappa shape index (κ3) is 3.90. The first-order valence-electron chi connectivity index (χ1n) is 10.5. The highest BCUT2D eigenvalue weighted by atomic mass is 15.4. The van der Waals surface area contributed by atoms with Crippen LogP contribution in [-0.4, -0.2) is 65.3 Å². The number of aromatic nitrogens is 8. The molecule has 1 aromatic carbocycles. The number of nitrogens with zero attached hydrogens (tertiary/aromatic N) is 8. The van der Waals surface area contributed by atoms with Crippen LogP contribution in [0, 0.1) is 0 Å². The van der Waals surface area contributed by atoms with Crippen molar-refractivity contribution < 1.29 is 0 Å². The van der Waals surface area contributed by atoms with E-state index in [9.17, 15) is 0 Å². The van der Waals surface area contributed by atoms with Crippen molar-refractivity contribution in [2.45, 2.75) is 12.5 Å². The third-order valence-electron chi connectivity index (χ3n) is 5.52. The molecule has 0 fully saturated rings. The Balaban J connectivity index is 1.51. The van der Waals surface area contributed by atoms with Gasteiger partial charge >= 0.3 is 0 Å². The quantitative estimate of drug-likeness (QED) is 0.429. The molecule has 1 atom stereocenters. The van der Waals surface area contributed by atoms with Crippen molar-refractivity contribution in [3.63, 3.8) is 0 Å². The largest absolute Gasteiger partial charge is 0.344 e. The van der Waals surface area contributed by atoms with Crippen LogP contribution in [0.3, 0.4) is 0 Å². The number of hydrogen-bond acceptors (Lipinski definition) is 6. The summed E-state index contributed by atoms with van der Waals surface area (Å²) in [5.41, 5.74) is 6.03. The predicted molar refractivity (Wildman–Crippen MR) is 123 cm³/mol. The van der Waals surface area contributed by atoms with Crippen LogP contribution in [0.25, 0.3) is 33.7 Å². The van der Waals surface area contributed by atoms with E-state index in [4.69, 9.17) is 4.98 Å². The molecule has 0 spiro atoms. The Bertz CT molecular complexity index is 1330. The van der Waals surface area contributed by atoms with E-state index in [1.165, 1.54) is 5.56 Å². The predicted octanol–water partition coefficient (Wildman–Crippen LogP) is 3.16. The second-order valence-electron chi connectivity index (χ2n) is 8.16. The molecule has 5 aromatic rings. The van der Waals surface area contributed by atoms with E-state index in [-0.39, 0.29) is 6.04 Å². The van der Waals surface area contributed by atoms with Gasteiger partial charge in [0.2, 0.25) is 0 Å². The van der Waals surface area contributed by atoms with Gasteiger partial charge in [0.1, 0.15) is 11.2 Å². The molecular formula is C23H25N9. The van der Waals surface area contributed by atoms with Crippen LogP contribution < -0.4 is 0 Å². The average Bonchev–Trinajstić information content (AvgIpc) is 3.53. The first-order chi connectivity index (χ1) is 15.6. The molecule has 0 aliphatic carbocycles. The molecule has 162 valence electrons. The molecule has 1 N–H and O–H groups in total. The van der Waals surface area contributed by atoms with Crippen LogP contribution in [-0.2, 0) is 7.05 Å². The monoisotopic (exact) mass is 427 g/mol. The third-order valence-corrected chi connectivity index (χ3v) is 5.52. The number of H-pyrrole nitrogens is 1. The molecule has 0 aliphatic rings. The molecule has 0 radical (unpaired) electrons. The number of benzene rings is 1. The summed E-state index contributed by atoms with van der Waals surface area (Å²) in [5.74, 6) is 0. The van der Waals surface area contributed by atoms with Crippen molar-refractivity contribution in [1.29, 1.82) is 0 Å². The van der Waals surface area contributed by atoms with Gasteiger partial charge in [-0.3, -0.25) is 4.68 Å². The minimum absolute atomic E-state index is 0.0992. The van der Waals surface area contributed by atoms with Crippen LogP contribution in [0.5, 0.6) is 0 Å². The van der Waals surface area contributed by atoms with E-state index < -0.39 is 0 Å². The zero-order chi connectivity index (χ0) is 22.1. The number of fused-ring (bicyclic) bond motifs is 1. The van der Waals surface area contributed by atoms with Gasteiger partial charge in [0, 0.05) is 30.6 Å². The highest BCUT2D eigenvalue weighted by molar-refractivity contribution is 5.90. The zero-order valence-corrected chi connectivity index (χ0v) is 18.3. The molecule has 4 heterocycles. The summed E-state index contributed by atoms with van der Waals surface area (Å²) in [6, 6.07) is 10.5. The van der Waals surface area contributed by atoms with Gasteiger partial charge in [-0.2, -0.15) is 5.10 Å². The Morgan fingerprint density at radius 2 is 1.91 bits per heavy atom. The van der Waals surface area contributed by atoms with E-state index in [2.05, 4.69) is 68.6 Å². The van der Waals surface area contributed by atoms with Crippen molar-refractivity contribution >= 4 is 11.2 Å². The summed E-state index contributed by atoms with van der Waals surface area (Å²) in [7, 11) is 6.05. The molecule has 0 aliphatic heterocycles. The normalized spacial score (nSPS) is 12.6. The maximum atomic E-state index is 4.84. The van der Waals surface area contributed by atoms with Gasteiger partial charge in [-0.25, -0.2) is 14.6 Å². The van der Waals surface area contributed by atoms with Crippen LogP contribution in [0.2, 0.25) is 0 Å². The lowest BCUT2D eigenvalue weighted by atomic mass is 10.0. The highest BCUT2D eigenvalue weighted by Gasteiger charge is 2.19. The summed E-state index contributed by atoms with van der Waals surface area (Å²) < 4.78 is 3.70. The second-order valence-corrected chi connectivity index (χ2v) is 8.16. The first kappa shape index (κ1) is 20.1. The molecule has 1 unspecified atom stereocenters. The zero-order valence-electron chi connectivity index (χ0n) is 18.3. The fraction of sp³-hybridized carbons (Fsp3) is 0.261. The number of rotatable bonds is 7. The topological polar surface area (TPSA) is 93.3 Å². The maximum absolute atomic E-state index is 4.84. The van der Waals surface area contributed by atoms with E-state index in [1.54, 1.807) is 17.1 Å². The van der Waals surface area contributed by atoms with Crippen molar-refractivity contribution in [3.8, 4) is 22.5 Å². The van der Waals surface area contributed by atoms with Crippen LogP contribution >= 0.6 is 0 Å². The first-order valence-corrected chi connectivity index (χ1v) is 10.5. The van der Waals surface area contributed by atoms with Crippen LogP contribution in [0.4, 0.5) is 0 Å². The van der Waals surface area contributed by atoms with E-state index >= 15 is 0 Å². The molecule has 32 heavy (non-hydrogen) atoms. The number of aromatic amines is 1. The molecule has 5 rings (SSSR count). The van der Waals surface area contributed by atoms with Crippen molar-refractivity contribution in [3.05, 3.63) is 66.9 Å². The van der Waals surface area contributed by atoms with Gasteiger partial charge in [0.05, 0.1) is 30.3 Å². The van der Waals surface area contributed by atoms with E-state index in [0.717, 1.165) is 46.6 Å². The summed E-state index contributed by atoms with van der Waals surface area (Å²) in [6.45, 7) is 0.946. The minimum Gasteiger partial charge on any atom is -0.344 e. The molecule has 0 saturated carbocycles. The Kier molecular flexibility index (Phi) is 5.24. The Morgan fingerprint density at radius 1 is 1.06 bits per heavy atom. The molecule has 9 nitrogen and oxygen atoms in total. The minimum atomic E-state index is 0.0992. The van der Waals surface area contributed by atoms with Crippen molar-refractivity contribution in [2.24, 2.45) is 7.05 Å². The molecule has 0 bridgehead atoms. The van der Waals surface area contributed by atoms with E-state index in [1.807, 2.05) is 36.4 Å². The van der Waals surface area contributed by atoms with Crippen molar-refractivity contribution in [2.75, 3.05) is 20.6 Å². The maximum Gasteiger partial charge on any atom is 0.156 e. The molecule has 0 amide bonds. The van der Waals surface area contributed by atoms with Gasteiger partial charge in [-0.1, -0.05) is 35.5 Å². The summed E-state index contributed by atoms with van der Waals surface area (Å²) in [6.07, 6.45) is 10.3. The second kappa shape index (κ2) is 8.35. The van der Waals surface area contributed by atoms with Gasteiger partial charge in [0.25, 0.3) is 0 Å². The number of nitrogens with one attached hydrogen (secondary N) is 1. The fourth-order valence-electron chi connectivity index (χ4n) is 3.84. The van der Waals surface area contributed by atoms with E-state index in [0.29, 0.717) is 0 Å². The molecular weight excluding hydrogens is 402 g/mol. The van der Waals surface area contributed by atoms with Gasteiger partial charge < -0.3 is 9.88 Å². The lowest BCUT2D eigenvalue weighted by Crippen LogP contribution is -2.20. The standard InChI is InChI=1S/C23H25N9/c1-30(2)10-9-21(16-7-5-4-6-8-16)32-15-20(28-29-32)18-12-24-23-22(18)27-19(13-25-23)17-11-26-31(3)14-17/h4-8,11-15,21H,9-10H2,1-3H3,(H,24,25). The van der Waals surface area contributed by atoms with Gasteiger partial charge in [-0.05, 0) is 32.6 Å². The lowest BCUT2D eigenvalue weighted by Gasteiger charge is -2.19. The van der Waals surface area contributed by atoms with Gasteiger partial charge in [0.15, 0.2) is 5.65 Å². The smallest absolute Gasteiger partial charge is 0.156 e. The van der Waals surface area contributed by atoms with Crippen LogP contribution in [0.1, 0.15) is 18.0 Å². The Labute approximate surface area is 185 Å². The number of hydrogen-bond donors (Lipinski definition) is 1. The highest BCUT2D eigenvalue weighted by Crippen LogP contribution is 2.29. The molecule has 4 aromatic heterocycles. The SMILES string of the molecule is CN(C)CCC(c1ccccc1)n1cc(-c2c[nH]c3ncc(-c4cnn(C)c4)nc23)nn1. The summed E-state index contributed by atoms with van der Waals surface area (Å²) >= 11 is 0. The summed E-state index contributed by atoms with van der Waals surface area (Å²) in [4.78, 5) is 14.8. The number of aryl methyl sites for hydroxylation is 1. The lowest BCUT2D eigenvalue weighted by molar-refractivity contribution is 0.354. The van der Waals surface area contributed by atoms with Crippen molar-refractivity contribution in [1.82, 2.24) is 44.6 Å². The molecule has 0 saturated heterocycles. The average molecular weight is 428 g/mol. The Morgan fingerprint density at radius 3 is 2.66 bits per heavy atom. The summed E-state index contributed by atoms with van der Waals surface area (Å²) in [5, 5.41) is 13.2. The molecule has 9 heteroatoms. The fourth-order valence-corrected chi connectivity index (χ4v) is 3.84. The van der Waals surface area contributed by atoms with Crippen LogP contribution in [0.15, 0.2) is 61.3 Å². The Hall–Kier alpha value is -3.85. The van der Waals surface area contributed by atoms with Gasteiger partial charge in [-0.15, -0.1) is 5.10 Å².